The first-order chi connectivity index (χ1) is 13.2. The van der Waals surface area contributed by atoms with Crippen LogP contribution >= 0.6 is 11.6 Å². The lowest BCUT2D eigenvalue weighted by Crippen LogP contribution is -2.18. The van der Waals surface area contributed by atoms with Gasteiger partial charge in [0, 0.05) is 53.4 Å². The molecular formula is C22H20ClN3O. The van der Waals surface area contributed by atoms with E-state index in [1.54, 1.807) is 0 Å². The van der Waals surface area contributed by atoms with Crippen molar-refractivity contribution in [1.29, 1.82) is 0 Å². The van der Waals surface area contributed by atoms with Gasteiger partial charge in [0.1, 0.15) is 0 Å². The van der Waals surface area contributed by atoms with Crippen LogP contribution in [0.5, 0.6) is 0 Å². The maximum atomic E-state index is 12.8. The van der Waals surface area contributed by atoms with Crippen LogP contribution < -0.4 is 5.32 Å². The first kappa shape index (κ1) is 17.4. The Morgan fingerprint density at radius 1 is 1.04 bits per heavy atom. The lowest BCUT2D eigenvalue weighted by Gasteiger charge is -2.18. The Hall–Kier alpha value is -2.98. The van der Waals surface area contributed by atoms with Crippen molar-refractivity contribution in [3.8, 4) is 0 Å². The van der Waals surface area contributed by atoms with E-state index in [-0.39, 0.29) is 11.8 Å². The van der Waals surface area contributed by atoms with Gasteiger partial charge < -0.3 is 14.9 Å². The molecule has 2 aromatic heterocycles. The SMILES string of the molecule is O=C(C[C@H](Cn1cccc1)c1ccc(Cl)cc1)Nc1cccc2[nH]ccc12. The van der Waals surface area contributed by atoms with Crippen LogP contribution in [0.3, 0.4) is 0 Å². The standard InChI is InChI=1S/C22H20ClN3O/c23-18-8-6-16(7-9-18)17(15-26-12-1-2-13-26)14-22(27)25-21-5-3-4-20-19(21)10-11-24-20/h1-13,17,24H,14-15H2,(H,25,27)/t17-/m1/s1. The maximum absolute atomic E-state index is 12.8. The molecule has 0 unspecified atom stereocenters. The Kier molecular flexibility index (Phi) is 4.99. The van der Waals surface area contributed by atoms with E-state index < -0.39 is 0 Å². The fourth-order valence-electron chi connectivity index (χ4n) is 3.39. The summed E-state index contributed by atoms with van der Waals surface area (Å²) in [7, 11) is 0. The molecule has 0 spiro atoms. The van der Waals surface area contributed by atoms with Gasteiger partial charge in [0.25, 0.3) is 0 Å². The van der Waals surface area contributed by atoms with Crippen LogP contribution in [0.1, 0.15) is 17.9 Å². The van der Waals surface area contributed by atoms with Crippen molar-refractivity contribution in [2.75, 3.05) is 5.32 Å². The molecule has 0 bridgehead atoms. The number of fused-ring (bicyclic) bond motifs is 1. The average molecular weight is 378 g/mol. The number of hydrogen-bond acceptors (Lipinski definition) is 1. The molecule has 0 saturated carbocycles. The summed E-state index contributed by atoms with van der Waals surface area (Å²) in [6, 6.07) is 19.6. The Labute approximate surface area is 162 Å². The van der Waals surface area contributed by atoms with Gasteiger partial charge in [0.15, 0.2) is 0 Å². The number of anilines is 1. The second-order valence-electron chi connectivity index (χ2n) is 6.63. The van der Waals surface area contributed by atoms with Crippen LogP contribution in [0.25, 0.3) is 10.9 Å². The molecule has 1 atom stereocenters. The van der Waals surface area contributed by atoms with Crippen LogP contribution in [0.4, 0.5) is 5.69 Å². The molecule has 4 aromatic rings. The third-order valence-electron chi connectivity index (χ3n) is 4.74. The average Bonchev–Trinajstić information content (AvgIpc) is 3.34. The summed E-state index contributed by atoms with van der Waals surface area (Å²) >= 11 is 6.03. The number of hydrogen-bond donors (Lipinski definition) is 2. The molecule has 5 heteroatoms. The fourth-order valence-corrected chi connectivity index (χ4v) is 3.51. The largest absolute Gasteiger partial charge is 0.361 e. The normalized spacial score (nSPS) is 12.2. The molecule has 1 amide bonds. The van der Waals surface area contributed by atoms with Gasteiger partial charge in [-0.2, -0.15) is 0 Å². The molecule has 2 aromatic carbocycles. The molecule has 2 heterocycles. The highest BCUT2D eigenvalue weighted by molar-refractivity contribution is 6.30. The molecule has 0 aliphatic carbocycles. The van der Waals surface area contributed by atoms with Gasteiger partial charge in [0.2, 0.25) is 5.91 Å². The van der Waals surface area contributed by atoms with Crippen molar-refractivity contribution in [2.24, 2.45) is 0 Å². The third kappa shape index (κ3) is 4.07. The van der Waals surface area contributed by atoms with Gasteiger partial charge in [-0.15, -0.1) is 0 Å². The van der Waals surface area contributed by atoms with Crippen molar-refractivity contribution in [3.63, 3.8) is 0 Å². The summed E-state index contributed by atoms with van der Waals surface area (Å²) in [5, 5.41) is 4.78. The highest BCUT2D eigenvalue weighted by atomic mass is 35.5. The summed E-state index contributed by atoms with van der Waals surface area (Å²) in [4.78, 5) is 16.0. The zero-order chi connectivity index (χ0) is 18.6. The number of aromatic amines is 1. The first-order valence-electron chi connectivity index (χ1n) is 8.91. The van der Waals surface area contributed by atoms with E-state index in [1.807, 2.05) is 79.3 Å². The number of nitrogens with one attached hydrogen (secondary N) is 2. The van der Waals surface area contributed by atoms with Gasteiger partial charge in [-0.05, 0) is 48.0 Å². The number of amides is 1. The first-order valence-corrected chi connectivity index (χ1v) is 9.29. The van der Waals surface area contributed by atoms with Gasteiger partial charge >= 0.3 is 0 Å². The molecule has 4 rings (SSSR count). The molecule has 0 radical (unpaired) electrons. The van der Waals surface area contributed by atoms with Crippen LogP contribution in [0, 0.1) is 0 Å². The zero-order valence-electron chi connectivity index (χ0n) is 14.7. The summed E-state index contributed by atoms with van der Waals surface area (Å²) in [6.45, 7) is 0.733. The fraction of sp³-hybridized carbons (Fsp3) is 0.136. The number of benzene rings is 2. The molecule has 0 aliphatic rings. The summed E-state index contributed by atoms with van der Waals surface area (Å²) in [5.74, 6) is 0.0518. The van der Waals surface area contributed by atoms with Gasteiger partial charge in [-0.25, -0.2) is 0 Å². The Bertz CT molecular complexity index is 1040. The van der Waals surface area contributed by atoms with Crippen molar-refractivity contribution >= 4 is 34.1 Å². The molecule has 0 saturated heterocycles. The van der Waals surface area contributed by atoms with Crippen molar-refractivity contribution in [3.05, 3.63) is 89.8 Å². The smallest absolute Gasteiger partial charge is 0.225 e. The van der Waals surface area contributed by atoms with Gasteiger partial charge in [-0.3, -0.25) is 4.79 Å². The zero-order valence-corrected chi connectivity index (χ0v) is 15.5. The van der Waals surface area contributed by atoms with Crippen LogP contribution in [-0.2, 0) is 11.3 Å². The topological polar surface area (TPSA) is 49.8 Å². The molecule has 27 heavy (non-hydrogen) atoms. The number of carbonyl (C=O) groups is 1. The summed E-state index contributed by atoms with van der Waals surface area (Å²) < 4.78 is 2.10. The minimum atomic E-state index is -0.00388. The summed E-state index contributed by atoms with van der Waals surface area (Å²) in [6.07, 6.45) is 6.30. The number of nitrogens with zero attached hydrogens (tertiary/aromatic N) is 1. The van der Waals surface area contributed by atoms with Crippen LogP contribution in [-0.4, -0.2) is 15.5 Å². The quantitative estimate of drug-likeness (QED) is 0.462. The minimum Gasteiger partial charge on any atom is -0.361 e. The van der Waals surface area contributed by atoms with Crippen molar-refractivity contribution in [2.45, 2.75) is 18.9 Å². The van der Waals surface area contributed by atoms with Gasteiger partial charge in [-0.1, -0.05) is 29.8 Å². The monoisotopic (exact) mass is 377 g/mol. The maximum Gasteiger partial charge on any atom is 0.225 e. The van der Waals surface area contributed by atoms with E-state index >= 15 is 0 Å². The molecule has 4 nitrogen and oxygen atoms in total. The molecular weight excluding hydrogens is 358 g/mol. The van der Waals surface area contributed by atoms with Crippen LogP contribution in [0.15, 0.2) is 79.3 Å². The van der Waals surface area contributed by atoms with Gasteiger partial charge in [0.05, 0.1) is 5.69 Å². The van der Waals surface area contributed by atoms with Crippen LogP contribution in [0.2, 0.25) is 5.02 Å². The van der Waals surface area contributed by atoms with E-state index in [1.165, 1.54) is 0 Å². The number of H-pyrrole nitrogens is 1. The minimum absolute atomic E-state index is 0.00388. The highest BCUT2D eigenvalue weighted by Gasteiger charge is 2.17. The van der Waals surface area contributed by atoms with E-state index in [4.69, 9.17) is 11.6 Å². The van der Waals surface area contributed by atoms with E-state index in [9.17, 15) is 4.79 Å². The predicted molar refractivity (Wildman–Crippen MR) is 110 cm³/mol. The molecule has 0 fully saturated rings. The lowest BCUT2D eigenvalue weighted by atomic mass is 9.95. The Morgan fingerprint density at radius 3 is 2.59 bits per heavy atom. The van der Waals surface area contributed by atoms with E-state index in [2.05, 4.69) is 14.9 Å². The second-order valence-corrected chi connectivity index (χ2v) is 7.06. The van der Waals surface area contributed by atoms with Crippen molar-refractivity contribution in [1.82, 2.24) is 9.55 Å². The number of aromatic nitrogens is 2. The number of carbonyl (C=O) groups excluding carboxylic acids is 1. The Balaban J connectivity index is 1.54. The molecule has 136 valence electrons. The number of halogens is 1. The second kappa shape index (κ2) is 7.72. The van der Waals surface area contributed by atoms with E-state index in [0.717, 1.165) is 28.7 Å². The highest BCUT2D eigenvalue weighted by Crippen LogP contribution is 2.26. The number of rotatable bonds is 6. The summed E-state index contributed by atoms with van der Waals surface area (Å²) in [5.41, 5.74) is 2.94. The Morgan fingerprint density at radius 2 is 1.81 bits per heavy atom. The van der Waals surface area contributed by atoms with E-state index in [0.29, 0.717) is 11.4 Å². The molecule has 2 N–H and O–H groups in total. The van der Waals surface area contributed by atoms with Crippen molar-refractivity contribution < 1.29 is 4.79 Å². The third-order valence-corrected chi connectivity index (χ3v) is 4.99. The molecule has 0 aliphatic heterocycles. The predicted octanol–water partition coefficient (Wildman–Crippen LogP) is 5.44. The lowest BCUT2D eigenvalue weighted by molar-refractivity contribution is -0.116.